The third-order valence-electron chi connectivity index (χ3n) is 1.17. The average Bonchev–Trinajstić information content (AvgIpc) is 2.04. The molecule has 0 amide bonds. The zero-order valence-corrected chi connectivity index (χ0v) is 7.51. The summed E-state index contributed by atoms with van der Waals surface area (Å²) in [4.78, 5) is 20.9. The molecule has 0 unspecified atom stereocenters. The average molecular weight is 193 g/mol. The monoisotopic (exact) mass is 193 g/mol. The molecule has 2 N–H and O–H groups in total. The van der Waals surface area contributed by atoms with Gasteiger partial charge in [-0.15, -0.1) is 0 Å². The van der Waals surface area contributed by atoms with E-state index in [1.807, 2.05) is 0 Å². The predicted molar refractivity (Wildman–Crippen MR) is 45.3 cm³/mol. The molecule has 5 nitrogen and oxygen atoms in total. The largest absolute Gasteiger partial charge is 0.480 e. The molecule has 0 aliphatic heterocycles. The second-order valence-corrected chi connectivity index (χ2v) is 2.40. The first-order valence-electron chi connectivity index (χ1n) is 3.25. The van der Waals surface area contributed by atoms with Gasteiger partial charge in [-0.25, -0.2) is 0 Å². The van der Waals surface area contributed by atoms with Gasteiger partial charge in [0.05, 0.1) is 13.7 Å². The van der Waals surface area contributed by atoms with Gasteiger partial charge in [0, 0.05) is 5.75 Å². The van der Waals surface area contributed by atoms with E-state index in [9.17, 15) is 9.59 Å². The van der Waals surface area contributed by atoms with E-state index < -0.39 is 18.0 Å². The SMILES string of the molecule is COC(=O)[C@H](CS)NCC(=O)O. The molecule has 6 heteroatoms. The van der Waals surface area contributed by atoms with Gasteiger partial charge < -0.3 is 9.84 Å². The lowest BCUT2D eigenvalue weighted by Gasteiger charge is -2.11. The summed E-state index contributed by atoms with van der Waals surface area (Å²) < 4.78 is 4.39. The molecule has 0 heterocycles. The van der Waals surface area contributed by atoms with E-state index in [2.05, 4.69) is 22.7 Å². The van der Waals surface area contributed by atoms with Crippen LogP contribution >= 0.6 is 12.6 Å². The van der Waals surface area contributed by atoms with Gasteiger partial charge in [-0.3, -0.25) is 14.9 Å². The molecule has 0 spiro atoms. The van der Waals surface area contributed by atoms with Crippen LogP contribution in [0.3, 0.4) is 0 Å². The maximum absolute atomic E-state index is 10.8. The molecule has 0 fully saturated rings. The molecule has 0 radical (unpaired) electrons. The predicted octanol–water partition coefficient (Wildman–Crippen LogP) is -0.868. The van der Waals surface area contributed by atoms with Crippen molar-refractivity contribution in [3.8, 4) is 0 Å². The minimum absolute atomic E-state index is 0.208. The minimum Gasteiger partial charge on any atom is -0.480 e. The van der Waals surface area contributed by atoms with Crippen LogP contribution < -0.4 is 5.32 Å². The van der Waals surface area contributed by atoms with Crippen LogP contribution in [0.25, 0.3) is 0 Å². The highest BCUT2D eigenvalue weighted by molar-refractivity contribution is 7.80. The van der Waals surface area contributed by atoms with E-state index in [0.717, 1.165) is 0 Å². The molecule has 0 aromatic carbocycles. The first-order valence-corrected chi connectivity index (χ1v) is 3.89. The van der Waals surface area contributed by atoms with Crippen molar-refractivity contribution in [3.05, 3.63) is 0 Å². The van der Waals surface area contributed by atoms with Gasteiger partial charge in [0.1, 0.15) is 6.04 Å². The van der Waals surface area contributed by atoms with Crippen LogP contribution in [0.15, 0.2) is 0 Å². The van der Waals surface area contributed by atoms with Gasteiger partial charge in [0.15, 0.2) is 0 Å². The maximum atomic E-state index is 10.8. The number of thiol groups is 1. The van der Waals surface area contributed by atoms with Crippen molar-refractivity contribution in [2.75, 3.05) is 19.4 Å². The molecular formula is C6H11NO4S. The summed E-state index contributed by atoms with van der Waals surface area (Å²) in [6.07, 6.45) is 0. The van der Waals surface area contributed by atoms with Gasteiger partial charge in [-0.05, 0) is 0 Å². The molecule has 0 bridgehead atoms. The lowest BCUT2D eigenvalue weighted by atomic mass is 10.3. The third-order valence-corrected chi connectivity index (χ3v) is 1.53. The molecule has 0 saturated heterocycles. The Morgan fingerprint density at radius 3 is 2.58 bits per heavy atom. The first kappa shape index (κ1) is 11.2. The summed E-state index contributed by atoms with van der Waals surface area (Å²) in [5, 5.41) is 10.7. The Morgan fingerprint density at radius 2 is 2.25 bits per heavy atom. The Morgan fingerprint density at radius 1 is 1.67 bits per heavy atom. The Balaban J connectivity index is 3.83. The van der Waals surface area contributed by atoms with Gasteiger partial charge in [-0.1, -0.05) is 0 Å². The van der Waals surface area contributed by atoms with Crippen molar-refractivity contribution in [1.29, 1.82) is 0 Å². The lowest BCUT2D eigenvalue weighted by molar-refractivity contribution is -0.143. The van der Waals surface area contributed by atoms with Crippen molar-refractivity contribution in [2.45, 2.75) is 6.04 Å². The van der Waals surface area contributed by atoms with Crippen molar-refractivity contribution >= 4 is 24.6 Å². The smallest absolute Gasteiger partial charge is 0.323 e. The van der Waals surface area contributed by atoms with Crippen molar-refractivity contribution in [3.63, 3.8) is 0 Å². The molecule has 12 heavy (non-hydrogen) atoms. The molecule has 0 saturated carbocycles. The van der Waals surface area contributed by atoms with Crippen LogP contribution in [0.4, 0.5) is 0 Å². The molecule has 0 rings (SSSR count). The number of carboxylic acids is 1. The molecule has 0 aromatic rings. The van der Waals surface area contributed by atoms with Crippen molar-refractivity contribution < 1.29 is 19.4 Å². The number of esters is 1. The fourth-order valence-corrected chi connectivity index (χ4v) is 0.853. The molecule has 0 aliphatic rings. The van der Waals surface area contributed by atoms with E-state index in [4.69, 9.17) is 5.11 Å². The molecule has 1 atom stereocenters. The number of aliphatic carboxylic acids is 1. The Bertz CT molecular complexity index is 173. The number of nitrogens with one attached hydrogen (secondary N) is 1. The van der Waals surface area contributed by atoms with Gasteiger partial charge in [0.2, 0.25) is 0 Å². The number of hydrogen-bond donors (Lipinski definition) is 3. The van der Waals surface area contributed by atoms with E-state index in [0.29, 0.717) is 0 Å². The van der Waals surface area contributed by atoms with Gasteiger partial charge >= 0.3 is 11.9 Å². The van der Waals surface area contributed by atoms with Gasteiger partial charge in [0.25, 0.3) is 0 Å². The van der Waals surface area contributed by atoms with Crippen LogP contribution in [-0.4, -0.2) is 42.5 Å². The van der Waals surface area contributed by atoms with Crippen LogP contribution in [0, 0.1) is 0 Å². The number of rotatable bonds is 5. The van der Waals surface area contributed by atoms with Crippen molar-refractivity contribution in [2.24, 2.45) is 0 Å². The second kappa shape index (κ2) is 5.84. The van der Waals surface area contributed by atoms with Crippen LogP contribution in [-0.2, 0) is 14.3 Å². The number of hydrogen-bond acceptors (Lipinski definition) is 5. The summed E-state index contributed by atoms with van der Waals surface area (Å²) in [6, 6.07) is -0.658. The second-order valence-electron chi connectivity index (χ2n) is 2.03. The third kappa shape index (κ3) is 4.20. The zero-order chi connectivity index (χ0) is 9.56. The highest BCUT2D eigenvalue weighted by Crippen LogP contribution is 1.90. The summed E-state index contributed by atoms with van der Waals surface area (Å²) in [5.41, 5.74) is 0. The molecule has 70 valence electrons. The van der Waals surface area contributed by atoms with Gasteiger partial charge in [-0.2, -0.15) is 12.6 Å². The van der Waals surface area contributed by atoms with Crippen LogP contribution in [0.2, 0.25) is 0 Å². The fourth-order valence-electron chi connectivity index (χ4n) is 0.575. The van der Waals surface area contributed by atoms with E-state index >= 15 is 0 Å². The number of ether oxygens (including phenoxy) is 1. The molecule has 0 aliphatic carbocycles. The van der Waals surface area contributed by atoms with E-state index in [1.54, 1.807) is 0 Å². The van der Waals surface area contributed by atoms with Crippen LogP contribution in [0.1, 0.15) is 0 Å². The summed E-state index contributed by atoms with van der Waals surface area (Å²) in [6.45, 7) is -0.277. The number of carbonyl (C=O) groups is 2. The zero-order valence-electron chi connectivity index (χ0n) is 6.61. The standard InChI is InChI=1S/C6H11NO4S/c1-11-6(10)4(3-12)7-2-5(8)9/h4,7,12H,2-3H2,1H3,(H,8,9)/t4-/m0/s1. The van der Waals surface area contributed by atoms with E-state index in [-0.39, 0.29) is 12.3 Å². The quantitative estimate of drug-likeness (QED) is 0.391. The number of carboxylic acid groups (broad SMARTS) is 1. The Hall–Kier alpha value is -0.750. The summed E-state index contributed by atoms with van der Waals surface area (Å²) in [7, 11) is 1.24. The highest BCUT2D eigenvalue weighted by atomic mass is 32.1. The van der Waals surface area contributed by atoms with Crippen LogP contribution in [0.5, 0.6) is 0 Å². The number of methoxy groups -OCH3 is 1. The van der Waals surface area contributed by atoms with Crippen molar-refractivity contribution in [1.82, 2.24) is 5.32 Å². The normalized spacial score (nSPS) is 12.2. The molecule has 0 aromatic heterocycles. The van der Waals surface area contributed by atoms with E-state index in [1.165, 1.54) is 7.11 Å². The topological polar surface area (TPSA) is 75.6 Å². The maximum Gasteiger partial charge on any atom is 0.323 e. The minimum atomic E-state index is -1.02. The highest BCUT2D eigenvalue weighted by Gasteiger charge is 2.16. The lowest BCUT2D eigenvalue weighted by Crippen LogP contribution is -2.41. The molecular weight excluding hydrogens is 182 g/mol. The fraction of sp³-hybridized carbons (Fsp3) is 0.667. The summed E-state index contributed by atoms with van der Waals surface area (Å²) in [5.74, 6) is -1.32. The Kier molecular flexibility index (Phi) is 5.48. The summed E-state index contributed by atoms with van der Waals surface area (Å²) >= 11 is 3.86. The Labute approximate surface area is 75.5 Å². The first-order chi connectivity index (χ1) is 5.61. The number of carbonyl (C=O) groups excluding carboxylic acids is 1.